The molecule has 1 aromatic carbocycles. The van der Waals surface area contributed by atoms with Crippen molar-refractivity contribution < 1.29 is 14.3 Å². The third-order valence-electron chi connectivity index (χ3n) is 5.54. The summed E-state index contributed by atoms with van der Waals surface area (Å²) in [6.07, 6.45) is 1.36. The molecule has 0 saturated carbocycles. The Morgan fingerprint density at radius 2 is 1.97 bits per heavy atom. The van der Waals surface area contributed by atoms with Gasteiger partial charge in [-0.3, -0.25) is 14.3 Å². The number of imide groups is 1. The van der Waals surface area contributed by atoms with Gasteiger partial charge in [0.15, 0.2) is 11.9 Å². The lowest BCUT2D eigenvalue weighted by Gasteiger charge is -2.40. The van der Waals surface area contributed by atoms with Crippen molar-refractivity contribution >= 4 is 33.8 Å². The Morgan fingerprint density at radius 1 is 1.21 bits per heavy atom. The number of likely N-dealkylation sites (N-methyl/N-ethyl adjacent to an activating group) is 2. The highest BCUT2D eigenvalue weighted by molar-refractivity contribution is 9.10. The van der Waals surface area contributed by atoms with Crippen LogP contribution in [0.2, 0.25) is 0 Å². The predicted molar refractivity (Wildman–Crippen MR) is 111 cm³/mol. The van der Waals surface area contributed by atoms with Crippen molar-refractivity contribution in [3.63, 3.8) is 0 Å². The molecule has 154 valence electrons. The van der Waals surface area contributed by atoms with Gasteiger partial charge in [-0.25, -0.2) is 4.79 Å². The number of ether oxygens (including phenoxy) is 1. The van der Waals surface area contributed by atoms with E-state index in [4.69, 9.17) is 4.74 Å². The average Bonchev–Trinajstić information content (AvgIpc) is 3.27. The molecule has 2 aliphatic rings. The van der Waals surface area contributed by atoms with Crippen LogP contribution in [0.5, 0.6) is 5.75 Å². The molecule has 1 aromatic heterocycles. The Labute approximate surface area is 177 Å². The Kier molecular flexibility index (Phi) is 4.97. The average molecular weight is 463 g/mol. The number of hydrogen-bond donors (Lipinski definition) is 0. The number of aromatic nitrogens is 3. The number of methoxy groups -OCH3 is 1. The fourth-order valence-electron chi connectivity index (χ4n) is 4.04. The minimum absolute atomic E-state index is 0.230. The molecule has 0 spiro atoms. The van der Waals surface area contributed by atoms with Gasteiger partial charge in [-0.2, -0.15) is 0 Å². The van der Waals surface area contributed by atoms with Crippen molar-refractivity contribution in [2.75, 3.05) is 32.6 Å². The van der Waals surface area contributed by atoms with E-state index in [9.17, 15) is 9.59 Å². The second-order valence-corrected chi connectivity index (χ2v) is 8.15. The van der Waals surface area contributed by atoms with Crippen molar-refractivity contribution in [2.45, 2.75) is 32.0 Å². The van der Waals surface area contributed by atoms with E-state index in [0.717, 1.165) is 22.9 Å². The highest BCUT2D eigenvalue weighted by atomic mass is 79.9. The quantitative estimate of drug-likeness (QED) is 0.678. The minimum atomic E-state index is -0.531. The van der Waals surface area contributed by atoms with E-state index in [1.807, 2.05) is 27.7 Å². The Hall–Kier alpha value is -2.62. The summed E-state index contributed by atoms with van der Waals surface area (Å²) in [4.78, 5) is 30.5. The smallest absolute Gasteiger partial charge is 0.327 e. The maximum absolute atomic E-state index is 13.1. The van der Waals surface area contributed by atoms with Crippen LogP contribution in [0.3, 0.4) is 0 Å². The van der Waals surface area contributed by atoms with Crippen LogP contribution in [-0.2, 0) is 4.79 Å². The first-order valence-corrected chi connectivity index (χ1v) is 10.3. The molecular weight excluding hydrogens is 440 g/mol. The van der Waals surface area contributed by atoms with Gasteiger partial charge in [-0.1, -0.05) is 29.3 Å². The molecular formula is C19H23BrN6O3. The normalized spacial score (nSPS) is 20.9. The van der Waals surface area contributed by atoms with Crippen LogP contribution in [0.1, 0.15) is 25.9 Å². The lowest BCUT2D eigenvalue weighted by molar-refractivity contribution is -0.133. The maximum Gasteiger partial charge on any atom is 0.327 e. The molecule has 2 aliphatic heterocycles. The van der Waals surface area contributed by atoms with E-state index in [1.165, 1.54) is 11.9 Å². The van der Waals surface area contributed by atoms with Crippen LogP contribution in [-0.4, -0.2) is 70.3 Å². The standard InChI is InChI=1S/C19H23BrN6O3/c1-5-6-9-25-14-16(23(2)19(28)24(3)17(14)27)26-15(21-22-18(25)26)12-10-11(20)7-8-13(12)29-4/h7-8,10,14,16H,5-6,9H2,1-4H3. The second-order valence-electron chi connectivity index (χ2n) is 7.23. The van der Waals surface area contributed by atoms with Crippen LogP contribution < -0.4 is 9.64 Å². The Balaban J connectivity index is 1.90. The fraction of sp³-hybridized carbons (Fsp3) is 0.474. The monoisotopic (exact) mass is 462 g/mol. The van der Waals surface area contributed by atoms with Gasteiger partial charge in [0.2, 0.25) is 5.95 Å². The molecule has 2 unspecified atom stereocenters. The number of fused-ring (bicyclic) bond motifs is 3. The molecule has 0 bridgehead atoms. The highest BCUT2D eigenvalue weighted by Gasteiger charge is 2.54. The van der Waals surface area contributed by atoms with Crippen LogP contribution in [0.4, 0.5) is 10.7 Å². The topological polar surface area (TPSA) is 83.8 Å². The van der Waals surface area contributed by atoms with E-state index < -0.39 is 12.2 Å². The molecule has 9 nitrogen and oxygen atoms in total. The predicted octanol–water partition coefficient (Wildman–Crippen LogP) is 2.73. The van der Waals surface area contributed by atoms with Crippen LogP contribution >= 0.6 is 15.9 Å². The summed E-state index contributed by atoms with van der Waals surface area (Å²) in [6, 6.07) is 4.75. The van der Waals surface area contributed by atoms with Crippen LogP contribution in [0.25, 0.3) is 11.4 Å². The number of carbonyl (C=O) groups is 2. The lowest BCUT2D eigenvalue weighted by Crippen LogP contribution is -2.61. The van der Waals surface area contributed by atoms with Crippen molar-refractivity contribution in [1.29, 1.82) is 0 Å². The van der Waals surface area contributed by atoms with Crippen molar-refractivity contribution in [2.24, 2.45) is 0 Å². The Morgan fingerprint density at radius 3 is 2.66 bits per heavy atom. The number of benzene rings is 1. The molecule has 1 saturated heterocycles. The van der Waals surface area contributed by atoms with Crippen molar-refractivity contribution in [1.82, 2.24) is 24.6 Å². The summed E-state index contributed by atoms with van der Waals surface area (Å²) in [5, 5.41) is 8.83. The van der Waals surface area contributed by atoms with Crippen LogP contribution in [0.15, 0.2) is 22.7 Å². The SMILES string of the molecule is CCCCN1c2nnc(-c3cc(Br)ccc3OC)n2C2C1C(=O)N(C)C(=O)N2C. The molecule has 1 fully saturated rings. The summed E-state index contributed by atoms with van der Waals surface area (Å²) in [5.41, 5.74) is 0.740. The van der Waals surface area contributed by atoms with Gasteiger partial charge < -0.3 is 14.5 Å². The third kappa shape index (κ3) is 2.88. The lowest BCUT2D eigenvalue weighted by atomic mass is 10.1. The third-order valence-corrected chi connectivity index (χ3v) is 6.03. The van der Waals surface area contributed by atoms with E-state index in [2.05, 4.69) is 33.1 Å². The molecule has 2 aromatic rings. The number of nitrogens with zero attached hydrogens (tertiary/aromatic N) is 6. The number of unbranched alkanes of at least 4 members (excludes halogenated alkanes) is 1. The van der Waals surface area contributed by atoms with E-state index in [0.29, 0.717) is 24.1 Å². The molecule has 2 atom stereocenters. The molecule has 29 heavy (non-hydrogen) atoms. The highest BCUT2D eigenvalue weighted by Crippen LogP contribution is 2.44. The summed E-state index contributed by atoms with van der Waals surface area (Å²) < 4.78 is 8.28. The van der Waals surface area contributed by atoms with Gasteiger partial charge >= 0.3 is 6.03 Å². The van der Waals surface area contributed by atoms with Crippen LogP contribution in [0, 0.1) is 0 Å². The van der Waals surface area contributed by atoms with Gasteiger partial charge in [-0.05, 0) is 24.6 Å². The number of amides is 3. The first kappa shape index (κ1) is 19.7. The first-order chi connectivity index (χ1) is 13.9. The van der Waals surface area contributed by atoms with Crippen molar-refractivity contribution in [3.8, 4) is 17.1 Å². The largest absolute Gasteiger partial charge is 0.496 e. The molecule has 3 heterocycles. The molecule has 0 radical (unpaired) electrons. The number of carbonyl (C=O) groups excluding carboxylic acids is 2. The summed E-state index contributed by atoms with van der Waals surface area (Å²) in [6.45, 7) is 2.76. The van der Waals surface area contributed by atoms with Gasteiger partial charge in [0.1, 0.15) is 11.9 Å². The van der Waals surface area contributed by atoms with E-state index >= 15 is 0 Å². The number of hydrogen-bond acceptors (Lipinski definition) is 6. The number of halogens is 1. The molecule has 10 heteroatoms. The number of rotatable bonds is 5. The summed E-state index contributed by atoms with van der Waals surface area (Å²) in [5.74, 6) is 1.56. The second kappa shape index (κ2) is 7.33. The van der Waals surface area contributed by atoms with Gasteiger partial charge in [0.05, 0.1) is 12.7 Å². The zero-order valence-corrected chi connectivity index (χ0v) is 18.4. The van der Waals surface area contributed by atoms with E-state index in [-0.39, 0.29) is 11.9 Å². The maximum atomic E-state index is 13.1. The van der Waals surface area contributed by atoms with Gasteiger partial charge in [-0.15, -0.1) is 10.2 Å². The molecule has 0 N–H and O–H groups in total. The summed E-state index contributed by atoms with van der Waals surface area (Å²) >= 11 is 3.50. The summed E-state index contributed by atoms with van der Waals surface area (Å²) in [7, 11) is 4.82. The molecule has 0 aliphatic carbocycles. The number of urea groups is 1. The zero-order chi connectivity index (χ0) is 20.9. The van der Waals surface area contributed by atoms with E-state index in [1.54, 1.807) is 19.1 Å². The first-order valence-electron chi connectivity index (χ1n) is 9.50. The molecule has 3 amide bonds. The molecule has 4 rings (SSSR count). The van der Waals surface area contributed by atoms with Gasteiger partial charge in [0.25, 0.3) is 5.91 Å². The zero-order valence-electron chi connectivity index (χ0n) is 16.8. The fourth-order valence-corrected chi connectivity index (χ4v) is 4.40. The van der Waals surface area contributed by atoms with Crippen molar-refractivity contribution in [3.05, 3.63) is 22.7 Å². The minimum Gasteiger partial charge on any atom is -0.496 e. The Bertz CT molecular complexity index is 977. The van der Waals surface area contributed by atoms with Gasteiger partial charge in [0, 0.05) is 25.1 Å². The number of anilines is 1.